The van der Waals surface area contributed by atoms with Crippen molar-refractivity contribution in [1.29, 1.82) is 0 Å². The number of carbonyl (C=O) groups is 1. The number of nitrogens with zero attached hydrogens (tertiary/aromatic N) is 4. The summed E-state index contributed by atoms with van der Waals surface area (Å²) in [5.41, 5.74) is 1.94. The molecule has 0 bridgehead atoms. The van der Waals surface area contributed by atoms with Gasteiger partial charge in [0.25, 0.3) is 5.91 Å². The summed E-state index contributed by atoms with van der Waals surface area (Å²) < 4.78 is 8.80. The van der Waals surface area contributed by atoms with Crippen molar-refractivity contribution in [1.82, 2.24) is 14.5 Å². The molecule has 7 heteroatoms. The summed E-state index contributed by atoms with van der Waals surface area (Å²) in [4.78, 5) is 23.6. The summed E-state index contributed by atoms with van der Waals surface area (Å²) in [5.74, 6) is 1.29. The Bertz CT molecular complexity index is 1220. The van der Waals surface area contributed by atoms with Crippen LogP contribution in [-0.2, 0) is 0 Å². The zero-order chi connectivity index (χ0) is 20.7. The van der Waals surface area contributed by atoms with Crippen molar-refractivity contribution in [3.8, 4) is 11.5 Å². The lowest BCUT2D eigenvalue weighted by atomic mass is 10.2. The molecule has 0 spiro atoms. The van der Waals surface area contributed by atoms with Gasteiger partial charge in [0.05, 0.1) is 5.39 Å². The molecule has 150 valence electrons. The Morgan fingerprint density at radius 3 is 2.47 bits per heavy atom. The monoisotopic (exact) mass is 462 g/mol. The van der Waals surface area contributed by atoms with Gasteiger partial charge in [0.1, 0.15) is 29.2 Å². The predicted octanol–water partition coefficient (Wildman–Crippen LogP) is 5.60. The van der Waals surface area contributed by atoms with Gasteiger partial charge in [-0.3, -0.25) is 4.79 Å². The summed E-state index contributed by atoms with van der Waals surface area (Å²) >= 11 is 3.59. The van der Waals surface area contributed by atoms with Crippen LogP contribution in [0, 0.1) is 0 Å². The molecule has 1 amide bonds. The number of aromatic nitrogens is 3. The number of ether oxygens (including phenoxy) is 1. The first-order valence-corrected chi connectivity index (χ1v) is 10.5. The Morgan fingerprint density at radius 2 is 1.77 bits per heavy atom. The Kier molecular flexibility index (Phi) is 4.75. The lowest BCUT2D eigenvalue weighted by Gasteiger charge is -2.18. The van der Waals surface area contributed by atoms with Crippen molar-refractivity contribution in [2.75, 3.05) is 11.9 Å². The molecule has 0 unspecified atom stereocenters. The second-order valence-corrected chi connectivity index (χ2v) is 8.16. The zero-order valence-corrected chi connectivity index (χ0v) is 17.9. The maximum absolute atomic E-state index is 13.3. The number of benzene rings is 2. The molecule has 4 aromatic rings. The van der Waals surface area contributed by atoms with Crippen molar-refractivity contribution in [3.05, 3.63) is 77.3 Å². The number of hydrogen-bond acceptors (Lipinski definition) is 4. The fourth-order valence-electron chi connectivity index (χ4n) is 3.47. The summed E-state index contributed by atoms with van der Waals surface area (Å²) in [5, 5.41) is 0.755. The molecule has 2 aromatic heterocycles. The Hall–Kier alpha value is -3.19. The van der Waals surface area contributed by atoms with E-state index < -0.39 is 0 Å². The number of fused-ring (bicyclic) bond motifs is 1. The molecule has 0 N–H and O–H groups in total. The standard InChI is InChI=1S/C23H19BrN4O2/c1-27(15-9-11-18(12-10-15)30-17-5-3-2-4-6-17)23(29)21-20-19(24)13-28(16-7-8-16)22(20)26-14-25-21/h2-6,9-14,16H,7-8H2,1H3. The van der Waals surface area contributed by atoms with Gasteiger partial charge in [-0.25, -0.2) is 9.97 Å². The van der Waals surface area contributed by atoms with Gasteiger partial charge in [0.2, 0.25) is 0 Å². The quantitative estimate of drug-likeness (QED) is 0.387. The minimum atomic E-state index is -0.187. The molecule has 1 aliphatic rings. The van der Waals surface area contributed by atoms with E-state index in [0.717, 1.165) is 39.8 Å². The number of hydrogen-bond donors (Lipinski definition) is 0. The average Bonchev–Trinajstić information content (AvgIpc) is 3.57. The number of para-hydroxylation sites is 1. The number of halogens is 1. The van der Waals surface area contributed by atoms with Gasteiger partial charge >= 0.3 is 0 Å². The lowest BCUT2D eigenvalue weighted by Crippen LogP contribution is -2.27. The lowest BCUT2D eigenvalue weighted by molar-refractivity contribution is 0.0990. The third-order valence-electron chi connectivity index (χ3n) is 5.21. The van der Waals surface area contributed by atoms with Crippen molar-refractivity contribution in [2.45, 2.75) is 18.9 Å². The fourth-order valence-corrected chi connectivity index (χ4v) is 4.06. The highest BCUT2D eigenvalue weighted by molar-refractivity contribution is 9.10. The second kappa shape index (κ2) is 7.57. The molecular weight excluding hydrogens is 444 g/mol. The second-order valence-electron chi connectivity index (χ2n) is 7.31. The molecule has 0 saturated heterocycles. The third kappa shape index (κ3) is 3.45. The van der Waals surface area contributed by atoms with Crippen LogP contribution in [0.2, 0.25) is 0 Å². The molecule has 1 saturated carbocycles. The topological polar surface area (TPSA) is 60.2 Å². The predicted molar refractivity (Wildman–Crippen MR) is 119 cm³/mol. The van der Waals surface area contributed by atoms with Crippen molar-refractivity contribution in [3.63, 3.8) is 0 Å². The zero-order valence-electron chi connectivity index (χ0n) is 16.3. The Labute approximate surface area is 182 Å². The number of anilines is 1. The van der Waals surface area contributed by atoms with Crippen LogP contribution in [0.15, 0.2) is 71.6 Å². The van der Waals surface area contributed by atoms with E-state index in [9.17, 15) is 4.79 Å². The highest BCUT2D eigenvalue weighted by Gasteiger charge is 2.29. The molecule has 1 fully saturated rings. The maximum atomic E-state index is 13.3. The van der Waals surface area contributed by atoms with E-state index >= 15 is 0 Å². The molecule has 0 atom stereocenters. The molecule has 5 rings (SSSR count). The van der Waals surface area contributed by atoms with Gasteiger partial charge in [-0.2, -0.15) is 0 Å². The SMILES string of the molecule is CN(C(=O)c1ncnc2c1c(Br)cn2C1CC1)c1ccc(Oc2ccccc2)cc1. The van der Waals surface area contributed by atoms with Crippen molar-refractivity contribution < 1.29 is 9.53 Å². The summed E-state index contributed by atoms with van der Waals surface area (Å²) in [6.45, 7) is 0. The number of carbonyl (C=O) groups excluding carboxylic acids is 1. The van der Waals surface area contributed by atoms with Crippen LogP contribution in [0.4, 0.5) is 5.69 Å². The maximum Gasteiger partial charge on any atom is 0.277 e. The van der Waals surface area contributed by atoms with Crippen LogP contribution < -0.4 is 9.64 Å². The molecular formula is C23H19BrN4O2. The van der Waals surface area contributed by atoms with Crippen LogP contribution in [0.5, 0.6) is 11.5 Å². The van der Waals surface area contributed by atoms with Crippen LogP contribution in [0.3, 0.4) is 0 Å². The molecule has 2 heterocycles. The molecule has 2 aromatic carbocycles. The van der Waals surface area contributed by atoms with E-state index in [1.807, 2.05) is 60.8 Å². The van der Waals surface area contributed by atoms with E-state index in [1.165, 1.54) is 6.33 Å². The largest absolute Gasteiger partial charge is 0.457 e. The molecule has 0 aliphatic heterocycles. The van der Waals surface area contributed by atoms with Gasteiger partial charge in [0, 0.05) is 29.4 Å². The minimum Gasteiger partial charge on any atom is -0.457 e. The third-order valence-corrected chi connectivity index (χ3v) is 5.81. The van der Waals surface area contributed by atoms with Crippen molar-refractivity contribution in [2.24, 2.45) is 0 Å². The number of rotatable bonds is 5. The van der Waals surface area contributed by atoms with Crippen LogP contribution >= 0.6 is 15.9 Å². The first kappa shape index (κ1) is 18.8. The van der Waals surface area contributed by atoms with E-state index in [-0.39, 0.29) is 5.91 Å². The highest BCUT2D eigenvalue weighted by atomic mass is 79.9. The summed E-state index contributed by atoms with van der Waals surface area (Å²) in [6.07, 6.45) is 5.75. The first-order valence-electron chi connectivity index (χ1n) is 9.74. The minimum absolute atomic E-state index is 0.187. The molecule has 30 heavy (non-hydrogen) atoms. The molecule has 1 aliphatic carbocycles. The number of amides is 1. The molecule has 6 nitrogen and oxygen atoms in total. The Morgan fingerprint density at radius 1 is 1.07 bits per heavy atom. The van der Waals surface area contributed by atoms with E-state index in [0.29, 0.717) is 17.5 Å². The first-order chi connectivity index (χ1) is 14.6. The summed E-state index contributed by atoms with van der Waals surface area (Å²) in [7, 11) is 1.75. The average molecular weight is 463 g/mol. The van der Waals surface area contributed by atoms with Crippen molar-refractivity contribution >= 4 is 38.6 Å². The molecule has 0 radical (unpaired) electrons. The van der Waals surface area contributed by atoms with Gasteiger partial charge in [-0.15, -0.1) is 0 Å². The van der Waals surface area contributed by atoms with Gasteiger partial charge in [-0.05, 0) is 65.2 Å². The van der Waals surface area contributed by atoms with Gasteiger partial charge in [-0.1, -0.05) is 18.2 Å². The fraction of sp³-hybridized carbons (Fsp3) is 0.174. The van der Waals surface area contributed by atoms with Crippen LogP contribution in [0.25, 0.3) is 11.0 Å². The Balaban J connectivity index is 1.41. The highest BCUT2D eigenvalue weighted by Crippen LogP contribution is 2.40. The normalized spacial score (nSPS) is 13.4. The summed E-state index contributed by atoms with van der Waals surface area (Å²) in [6, 6.07) is 17.5. The van der Waals surface area contributed by atoms with E-state index in [1.54, 1.807) is 11.9 Å². The van der Waals surface area contributed by atoms with Crippen LogP contribution in [0.1, 0.15) is 29.4 Å². The van der Waals surface area contributed by atoms with Gasteiger partial charge in [0.15, 0.2) is 0 Å². The van der Waals surface area contributed by atoms with E-state index in [4.69, 9.17) is 4.74 Å². The van der Waals surface area contributed by atoms with Gasteiger partial charge < -0.3 is 14.2 Å². The van der Waals surface area contributed by atoms with Crippen LogP contribution in [-0.4, -0.2) is 27.5 Å². The smallest absolute Gasteiger partial charge is 0.277 e. The van der Waals surface area contributed by atoms with E-state index in [2.05, 4.69) is 30.5 Å².